The SMILES string of the molecule is CCC(=O)C(C)C(O)c1ccc(C)c(C)c1. The van der Waals surface area contributed by atoms with Crippen LogP contribution in [-0.2, 0) is 4.79 Å². The van der Waals surface area contributed by atoms with Crippen molar-refractivity contribution in [3.8, 4) is 0 Å². The molecule has 0 aliphatic rings. The number of aryl methyl sites for hydroxylation is 2. The van der Waals surface area contributed by atoms with Crippen molar-refractivity contribution in [2.75, 3.05) is 0 Å². The van der Waals surface area contributed by atoms with Gasteiger partial charge in [-0.05, 0) is 30.5 Å². The van der Waals surface area contributed by atoms with Crippen LogP contribution in [0.5, 0.6) is 0 Å². The van der Waals surface area contributed by atoms with Gasteiger partial charge in [0, 0.05) is 12.3 Å². The van der Waals surface area contributed by atoms with Crippen molar-refractivity contribution < 1.29 is 9.90 Å². The molecule has 88 valence electrons. The Labute approximate surface area is 97.3 Å². The van der Waals surface area contributed by atoms with Crippen molar-refractivity contribution in [1.29, 1.82) is 0 Å². The predicted molar refractivity (Wildman–Crippen MR) is 65.3 cm³/mol. The normalized spacial score (nSPS) is 14.6. The number of benzene rings is 1. The lowest BCUT2D eigenvalue weighted by atomic mass is 9.91. The lowest BCUT2D eigenvalue weighted by Gasteiger charge is -2.18. The highest BCUT2D eigenvalue weighted by Gasteiger charge is 2.22. The van der Waals surface area contributed by atoms with Crippen molar-refractivity contribution in [1.82, 2.24) is 0 Å². The van der Waals surface area contributed by atoms with Crippen molar-refractivity contribution in [3.05, 3.63) is 34.9 Å². The second-order valence-electron chi connectivity index (χ2n) is 4.40. The van der Waals surface area contributed by atoms with Crippen LogP contribution < -0.4 is 0 Å². The maximum Gasteiger partial charge on any atom is 0.138 e. The molecule has 0 amide bonds. The Kier molecular flexibility index (Phi) is 4.25. The third-order valence-corrected chi connectivity index (χ3v) is 3.20. The summed E-state index contributed by atoms with van der Waals surface area (Å²) < 4.78 is 0. The van der Waals surface area contributed by atoms with Crippen molar-refractivity contribution in [2.45, 2.75) is 40.2 Å². The summed E-state index contributed by atoms with van der Waals surface area (Å²) in [6.07, 6.45) is -0.213. The lowest BCUT2D eigenvalue weighted by Crippen LogP contribution is -2.18. The number of carbonyl (C=O) groups excluding carboxylic acids is 1. The van der Waals surface area contributed by atoms with E-state index in [-0.39, 0.29) is 11.7 Å². The molecule has 1 aromatic carbocycles. The Morgan fingerprint density at radius 1 is 1.31 bits per heavy atom. The maximum absolute atomic E-state index is 11.5. The fraction of sp³-hybridized carbons (Fsp3) is 0.500. The highest BCUT2D eigenvalue weighted by Crippen LogP contribution is 2.25. The van der Waals surface area contributed by atoms with Crippen molar-refractivity contribution >= 4 is 5.78 Å². The van der Waals surface area contributed by atoms with Crippen molar-refractivity contribution in [2.24, 2.45) is 5.92 Å². The standard InChI is InChI=1S/C14H20O2/c1-5-13(15)11(4)14(16)12-7-6-9(2)10(3)8-12/h6-8,11,14,16H,5H2,1-4H3. The smallest absolute Gasteiger partial charge is 0.138 e. The van der Waals surface area contributed by atoms with Crippen LogP contribution >= 0.6 is 0 Å². The number of aliphatic hydroxyl groups excluding tert-OH is 1. The van der Waals surface area contributed by atoms with Gasteiger partial charge in [0.05, 0.1) is 6.10 Å². The Bertz CT molecular complexity index is 382. The lowest BCUT2D eigenvalue weighted by molar-refractivity contribution is -0.125. The van der Waals surface area contributed by atoms with E-state index in [2.05, 4.69) is 0 Å². The third kappa shape index (κ3) is 2.70. The second-order valence-corrected chi connectivity index (χ2v) is 4.40. The number of carbonyl (C=O) groups is 1. The minimum absolute atomic E-state index is 0.103. The summed E-state index contributed by atoms with van der Waals surface area (Å²) in [4.78, 5) is 11.5. The van der Waals surface area contributed by atoms with Crippen LogP contribution in [0.1, 0.15) is 43.1 Å². The number of hydrogen-bond donors (Lipinski definition) is 1. The van der Waals surface area contributed by atoms with Gasteiger partial charge in [0.2, 0.25) is 0 Å². The minimum Gasteiger partial charge on any atom is -0.388 e. The third-order valence-electron chi connectivity index (χ3n) is 3.20. The largest absolute Gasteiger partial charge is 0.388 e. The quantitative estimate of drug-likeness (QED) is 0.847. The fourth-order valence-corrected chi connectivity index (χ4v) is 1.74. The topological polar surface area (TPSA) is 37.3 Å². The summed E-state index contributed by atoms with van der Waals surface area (Å²) in [5, 5.41) is 10.1. The number of rotatable bonds is 4. The van der Waals surface area contributed by atoms with E-state index in [9.17, 15) is 9.90 Å². The van der Waals surface area contributed by atoms with E-state index in [4.69, 9.17) is 0 Å². The van der Waals surface area contributed by atoms with Gasteiger partial charge in [-0.3, -0.25) is 4.79 Å². The van der Waals surface area contributed by atoms with Crippen LogP contribution in [0.4, 0.5) is 0 Å². The Hall–Kier alpha value is -1.15. The summed E-state index contributed by atoms with van der Waals surface area (Å²) in [7, 11) is 0. The first-order valence-electron chi connectivity index (χ1n) is 5.75. The number of ketones is 1. The van der Waals surface area contributed by atoms with E-state index in [0.29, 0.717) is 6.42 Å². The van der Waals surface area contributed by atoms with E-state index in [1.165, 1.54) is 5.56 Å². The van der Waals surface area contributed by atoms with Gasteiger partial charge in [0.15, 0.2) is 0 Å². The molecular formula is C14H20O2. The molecule has 0 saturated carbocycles. The molecule has 2 atom stereocenters. The molecule has 2 heteroatoms. The second kappa shape index (κ2) is 5.26. The number of aliphatic hydroxyl groups is 1. The zero-order valence-corrected chi connectivity index (χ0v) is 10.4. The molecule has 0 heterocycles. The monoisotopic (exact) mass is 220 g/mol. The molecule has 1 rings (SSSR count). The molecule has 1 N–H and O–H groups in total. The Morgan fingerprint density at radius 2 is 1.94 bits per heavy atom. The van der Waals surface area contributed by atoms with Gasteiger partial charge in [-0.2, -0.15) is 0 Å². The highest BCUT2D eigenvalue weighted by atomic mass is 16.3. The maximum atomic E-state index is 11.5. The predicted octanol–water partition coefficient (Wildman–Crippen LogP) is 2.95. The van der Waals surface area contributed by atoms with Crippen LogP contribution in [0.3, 0.4) is 0 Å². The molecule has 0 spiro atoms. The van der Waals surface area contributed by atoms with Gasteiger partial charge in [0.25, 0.3) is 0 Å². The average Bonchev–Trinajstić information content (AvgIpc) is 2.29. The minimum atomic E-state index is -0.688. The summed E-state index contributed by atoms with van der Waals surface area (Å²) in [6.45, 7) is 7.65. The first-order valence-corrected chi connectivity index (χ1v) is 5.75. The summed E-state index contributed by atoms with van der Waals surface area (Å²) in [6, 6.07) is 5.84. The van der Waals surface area contributed by atoms with Gasteiger partial charge < -0.3 is 5.11 Å². The molecule has 2 unspecified atom stereocenters. The first kappa shape index (κ1) is 12.9. The van der Waals surface area contributed by atoms with E-state index >= 15 is 0 Å². The van der Waals surface area contributed by atoms with Crippen LogP contribution in [0.15, 0.2) is 18.2 Å². The molecule has 0 saturated heterocycles. The summed E-state index contributed by atoms with van der Waals surface area (Å²) in [5.41, 5.74) is 3.18. The Balaban J connectivity index is 2.91. The molecule has 0 aromatic heterocycles. The molecule has 16 heavy (non-hydrogen) atoms. The number of Topliss-reactive ketones (excluding diaryl/α,β-unsaturated/α-hetero) is 1. The molecule has 0 aliphatic carbocycles. The Morgan fingerprint density at radius 3 is 2.44 bits per heavy atom. The van der Waals surface area contributed by atoms with Gasteiger partial charge >= 0.3 is 0 Å². The number of hydrogen-bond acceptors (Lipinski definition) is 2. The molecule has 0 bridgehead atoms. The van der Waals surface area contributed by atoms with E-state index in [1.54, 1.807) is 6.92 Å². The van der Waals surface area contributed by atoms with Gasteiger partial charge in [-0.15, -0.1) is 0 Å². The molecular weight excluding hydrogens is 200 g/mol. The molecule has 0 fully saturated rings. The first-order chi connectivity index (χ1) is 7.47. The van der Waals surface area contributed by atoms with Gasteiger partial charge in [-0.1, -0.05) is 32.0 Å². The van der Waals surface area contributed by atoms with Crippen molar-refractivity contribution in [3.63, 3.8) is 0 Å². The highest BCUT2D eigenvalue weighted by molar-refractivity contribution is 5.81. The van der Waals surface area contributed by atoms with E-state index in [0.717, 1.165) is 11.1 Å². The van der Waals surface area contributed by atoms with Crippen LogP contribution in [-0.4, -0.2) is 10.9 Å². The van der Waals surface area contributed by atoms with Gasteiger partial charge in [0.1, 0.15) is 5.78 Å². The van der Waals surface area contributed by atoms with Gasteiger partial charge in [-0.25, -0.2) is 0 Å². The zero-order valence-electron chi connectivity index (χ0n) is 10.4. The summed E-state index contributed by atoms with van der Waals surface area (Å²) in [5.74, 6) is -0.224. The fourth-order valence-electron chi connectivity index (χ4n) is 1.74. The van der Waals surface area contributed by atoms with Crippen LogP contribution in [0.2, 0.25) is 0 Å². The molecule has 1 aromatic rings. The molecule has 0 aliphatic heterocycles. The summed E-state index contributed by atoms with van der Waals surface area (Å²) >= 11 is 0. The van der Waals surface area contributed by atoms with Crippen LogP contribution in [0.25, 0.3) is 0 Å². The van der Waals surface area contributed by atoms with E-state index < -0.39 is 6.10 Å². The zero-order chi connectivity index (χ0) is 12.3. The van der Waals surface area contributed by atoms with E-state index in [1.807, 2.05) is 39.0 Å². The molecule has 2 nitrogen and oxygen atoms in total. The molecule has 0 radical (unpaired) electrons. The van der Waals surface area contributed by atoms with Crippen LogP contribution in [0, 0.1) is 19.8 Å². The average molecular weight is 220 g/mol.